The number of hydrogen-bond acceptors (Lipinski definition) is 1. The lowest BCUT2D eigenvalue weighted by atomic mass is 10.0. The first kappa shape index (κ1) is 7.07. The lowest BCUT2D eigenvalue weighted by Gasteiger charge is -2.18. The monoisotopic (exact) mass is 127 g/mol. The lowest BCUT2D eigenvalue weighted by molar-refractivity contribution is 0.389. The number of nitrogens with one attached hydrogen (secondary N) is 1. The topological polar surface area (TPSA) is 12.0 Å². The summed E-state index contributed by atoms with van der Waals surface area (Å²) in [4.78, 5) is 0. The standard InChI is InChI=1S/C8H17N/c1-4-9-7(2)8(3)5-6-8/h7,9H,4-6H2,1-3H3. The molecule has 1 nitrogen and oxygen atoms in total. The van der Waals surface area contributed by atoms with E-state index in [0.717, 1.165) is 12.6 Å². The molecule has 1 rings (SSSR count). The predicted molar refractivity (Wildman–Crippen MR) is 40.5 cm³/mol. The molecule has 0 bridgehead atoms. The molecule has 0 saturated heterocycles. The van der Waals surface area contributed by atoms with E-state index in [1.807, 2.05) is 0 Å². The van der Waals surface area contributed by atoms with Crippen molar-refractivity contribution in [2.75, 3.05) is 6.54 Å². The molecular weight excluding hydrogens is 110 g/mol. The van der Waals surface area contributed by atoms with E-state index in [9.17, 15) is 0 Å². The summed E-state index contributed by atoms with van der Waals surface area (Å²) in [5.74, 6) is 0. The largest absolute Gasteiger partial charge is 0.314 e. The van der Waals surface area contributed by atoms with Crippen molar-refractivity contribution in [2.45, 2.75) is 39.7 Å². The van der Waals surface area contributed by atoms with E-state index in [2.05, 4.69) is 26.1 Å². The van der Waals surface area contributed by atoms with Crippen molar-refractivity contribution in [3.63, 3.8) is 0 Å². The highest BCUT2D eigenvalue weighted by molar-refractivity contribution is 4.96. The first-order valence-electron chi connectivity index (χ1n) is 3.92. The third-order valence-electron chi connectivity index (χ3n) is 2.59. The molecule has 0 aliphatic heterocycles. The molecule has 0 amide bonds. The summed E-state index contributed by atoms with van der Waals surface area (Å²) in [6.07, 6.45) is 2.84. The average molecular weight is 127 g/mol. The molecular formula is C8H17N. The molecule has 1 atom stereocenters. The molecule has 54 valence electrons. The van der Waals surface area contributed by atoms with Crippen LogP contribution in [0.15, 0.2) is 0 Å². The van der Waals surface area contributed by atoms with E-state index in [0.29, 0.717) is 5.41 Å². The summed E-state index contributed by atoms with van der Waals surface area (Å²) in [6, 6.07) is 0.725. The second-order valence-corrected chi connectivity index (χ2v) is 3.43. The maximum atomic E-state index is 3.45. The zero-order valence-electron chi connectivity index (χ0n) is 6.70. The normalized spacial score (nSPS) is 25.7. The van der Waals surface area contributed by atoms with Gasteiger partial charge < -0.3 is 5.32 Å². The Labute approximate surface area is 57.8 Å². The van der Waals surface area contributed by atoms with Crippen LogP contribution in [0.1, 0.15) is 33.6 Å². The Kier molecular flexibility index (Phi) is 1.80. The minimum atomic E-state index is 0.649. The summed E-state index contributed by atoms with van der Waals surface area (Å²) >= 11 is 0. The van der Waals surface area contributed by atoms with Gasteiger partial charge in [0.15, 0.2) is 0 Å². The maximum Gasteiger partial charge on any atom is 0.00924 e. The van der Waals surface area contributed by atoms with Crippen molar-refractivity contribution in [1.29, 1.82) is 0 Å². The summed E-state index contributed by atoms with van der Waals surface area (Å²) in [5.41, 5.74) is 0.649. The minimum Gasteiger partial charge on any atom is -0.314 e. The van der Waals surface area contributed by atoms with Crippen LogP contribution in [-0.2, 0) is 0 Å². The second kappa shape index (κ2) is 2.30. The van der Waals surface area contributed by atoms with Crippen molar-refractivity contribution in [2.24, 2.45) is 5.41 Å². The van der Waals surface area contributed by atoms with Gasteiger partial charge in [0.25, 0.3) is 0 Å². The molecule has 9 heavy (non-hydrogen) atoms. The Morgan fingerprint density at radius 1 is 1.56 bits per heavy atom. The number of hydrogen-bond donors (Lipinski definition) is 1. The van der Waals surface area contributed by atoms with Gasteiger partial charge >= 0.3 is 0 Å². The summed E-state index contributed by atoms with van der Waals surface area (Å²) in [7, 11) is 0. The van der Waals surface area contributed by atoms with E-state index >= 15 is 0 Å². The summed E-state index contributed by atoms with van der Waals surface area (Å²) in [6.45, 7) is 7.93. The molecule has 1 heteroatoms. The highest BCUT2D eigenvalue weighted by Crippen LogP contribution is 2.47. The molecule has 1 saturated carbocycles. The highest BCUT2D eigenvalue weighted by atomic mass is 14.9. The summed E-state index contributed by atoms with van der Waals surface area (Å²) in [5, 5.41) is 3.45. The first-order valence-corrected chi connectivity index (χ1v) is 3.92. The zero-order chi connectivity index (χ0) is 6.91. The molecule has 0 aromatic heterocycles. The van der Waals surface area contributed by atoms with Crippen LogP contribution in [0.25, 0.3) is 0 Å². The van der Waals surface area contributed by atoms with Crippen molar-refractivity contribution in [3.8, 4) is 0 Å². The Morgan fingerprint density at radius 3 is 2.44 bits per heavy atom. The third kappa shape index (κ3) is 1.45. The highest BCUT2D eigenvalue weighted by Gasteiger charge is 2.41. The van der Waals surface area contributed by atoms with Gasteiger partial charge in [0.05, 0.1) is 0 Å². The molecule has 0 heterocycles. The van der Waals surface area contributed by atoms with Crippen LogP contribution in [0.3, 0.4) is 0 Å². The summed E-state index contributed by atoms with van der Waals surface area (Å²) < 4.78 is 0. The van der Waals surface area contributed by atoms with Crippen molar-refractivity contribution in [1.82, 2.24) is 5.32 Å². The maximum absolute atomic E-state index is 3.45. The van der Waals surface area contributed by atoms with Gasteiger partial charge in [-0.1, -0.05) is 13.8 Å². The molecule has 0 aromatic carbocycles. The van der Waals surface area contributed by atoms with Crippen LogP contribution in [0, 0.1) is 5.41 Å². The molecule has 0 radical (unpaired) electrons. The quantitative estimate of drug-likeness (QED) is 0.609. The van der Waals surface area contributed by atoms with E-state index < -0.39 is 0 Å². The van der Waals surface area contributed by atoms with Gasteiger partial charge in [0, 0.05) is 6.04 Å². The van der Waals surface area contributed by atoms with Crippen LogP contribution in [0.2, 0.25) is 0 Å². The van der Waals surface area contributed by atoms with Crippen LogP contribution >= 0.6 is 0 Å². The SMILES string of the molecule is CCNC(C)C1(C)CC1. The van der Waals surface area contributed by atoms with Crippen LogP contribution in [0.4, 0.5) is 0 Å². The number of rotatable bonds is 3. The fourth-order valence-electron chi connectivity index (χ4n) is 1.18. The van der Waals surface area contributed by atoms with Gasteiger partial charge in [-0.05, 0) is 31.7 Å². The first-order chi connectivity index (χ1) is 4.19. The Hall–Kier alpha value is -0.0400. The Morgan fingerprint density at radius 2 is 2.11 bits per heavy atom. The molecule has 0 spiro atoms. The Bertz CT molecular complexity index is 94.7. The van der Waals surface area contributed by atoms with Crippen LogP contribution < -0.4 is 5.32 Å². The lowest BCUT2D eigenvalue weighted by Crippen LogP contribution is -2.32. The fraction of sp³-hybridized carbons (Fsp3) is 1.00. The van der Waals surface area contributed by atoms with Crippen molar-refractivity contribution >= 4 is 0 Å². The van der Waals surface area contributed by atoms with E-state index in [-0.39, 0.29) is 0 Å². The van der Waals surface area contributed by atoms with Gasteiger partial charge in [-0.25, -0.2) is 0 Å². The van der Waals surface area contributed by atoms with Gasteiger partial charge in [0.1, 0.15) is 0 Å². The van der Waals surface area contributed by atoms with Gasteiger partial charge in [-0.2, -0.15) is 0 Å². The molecule has 1 N–H and O–H groups in total. The smallest absolute Gasteiger partial charge is 0.00924 e. The van der Waals surface area contributed by atoms with Crippen molar-refractivity contribution < 1.29 is 0 Å². The van der Waals surface area contributed by atoms with Crippen molar-refractivity contribution in [3.05, 3.63) is 0 Å². The van der Waals surface area contributed by atoms with E-state index in [1.165, 1.54) is 12.8 Å². The zero-order valence-corrected chi connectivity index (χ0v) is 6.70. The molecule has 1 aliphatic rings. The van der Waals surface area contributed by atoms with Gasteiger partial charge in [-0.15, -0.1) is 0 Å². The predicted octanol–water partition coefficient (Wildman–Crippen LogP) is 1.78. The van der Waals surface area contributed by atoms with E-state index in [1.54, 1.807) is 0 Å². The van der Waals surface area contributed by atoms with Crippen LogP contribution in [0.5, 0.6) is 0 Å². The minimum absolute atomic E-state index is 0.649. The molecule has 1 fully saturated rings. The Balaban J connectivity index is 2.24. The molecule has 1 aliphatic carbocycles. The second-order valence-electron chi connectivity index (χ2n) is 3.43. The average Bonchev–Trinajstić information content (AvgIpc) is 2.50. The van der Waals surface area contributed by atoms with E-state index in [4.69, 9.17) is 0 Å². The third-order valence-corrected chi connectivity index (χ3v) is 2.59. The molecule has 1 unspecified atom stereocenters. The molecule has 0 aromatic rings. The van der Waals surface area contributed by atoms with Gasteiger partial charge in [-0.3, -0.25) is 0 Å². The fourth-order valence-corrected chi connectivity index (χ4v) is 1.18. The van der Waals surface area contributed by atoms with Gasteiger partial charge in [0.2, 0.25) is 0 Å². The van der Waals surface area contributed by atoms with Crippen LogP contribution in [-0.4, -0.2) is 12.6 Å².